The highest BCUT2D eigenvalue weighted by Crippen LogP contribution is 2.22. The summed E-state index contributed by atoms with van der Waals surface area (Å²) in [5.41, 5.74) is 2.12. The molecule has 0 aliphatic carbocycles. The van der Waals surface area contributed by atoms with Gasteiger partial charge in [-0.05, 0) is 29.7 Å². The Hall–Kier alpha value is -2.23. The van der Waals surface area contributed by atoms with Crippen LogP contribution >= 0.6 is 0 Å². The van der Waals surface area contributed by atoms with Crippen molar-refractivity contribution in [1.82, 2.24) is 0 Å². The number of carboxylic acids is 1. The number of hydrogen-bond acceptors (Lipinski definition) is 3. The predicted octanol–water partition coefficient (Wildman–Crippen LogP) is 3.84. The van der Waals surface area contributed by atoms with Crippen LogP contribution in [0, 0.1) is 0 Å². The minimum absolute atomic E-state index is 0.0729. The standard InChI is InChI=1S/C14H15NO3/c1-9(2)10-3-5-11(6-4-10)15-13-8-7-12(18-13)14(16)17/h3-9,15H,1-2H3,(H,16,17). The SMILES string of the molecule is CC(C)c1ccc(Nc2ccc(C(=O)O)o2)cc1. The smallest absolute Gasteiger partial charge is 0.371 e. The summed E-state index contributed by atoms with van der Waals surface area (Å²) in [5, 5.41) is 11.8. The summed E-state index contributed by atoms with van der Waals surface area (Å²) in [4.78, 5) is 10.7. The van der Waals surface area contributed by atoms with Crippen LogP contribution in [0.3, 0.4) is 0 Å². The summed E-state index contributed by atoms with van der Waals surface area (Å²) in [6.07, 6.45) is 0. The van der Waals surface area contributed by atoms with E-state index in [-0.39, 0.29) is 5.76 Å². The molecule has 94 valence electrons. The molecule has 1 aromatic carbocycles. The normalized spacial score (nSPS) is 10.6. The van der Waals surface area contributed by atoms with Gasteiger partial charge in [0, 0.05) is 11.8 Å². The van der Waals surface area contributed by atoms with Gasteiger partial charge in [0.2, 0.25) is 5.76 Å². The van der Waals surface area contributed by atoms with Crippen molar-refractivity contribution in [2.45, 2.75) is 19.8 Å². The first-order valence-corrected chi connectivity index (χ1v) is 5.76. The van der Waals surface area contributed by atoms with Crippen LogP contribution in [0.2, 0.25) is 0 Å². The predicted molar refractivity (Wildman–Crippen MR) is 69.5 cm³/mol. The zero-order chi connectivity index (χ0) is 13.1. The van der Waals surface area contributed by atoms with Crippen LogP contribution in [0.25, 0.3) is 0 Å². The van der Waals surface area contributed by atoms with Gasteiger partial charge in [0.15, 0.2) is 5.88 Å². The molecule has 2 N–H and O–H groups in total. The molecule has 0 saturated carbocycles. The van der Waals surface area contributed by atoms with Crippen molar-refractivity contribution in [3.63, 3.8) is 0 Å². The number of aromatic carboxylic acids is 1. The maximum Gasteiger partial charge on any atom is 0.371 e. The first kappa shape index (κ1) is 12.2. The van der Waals surface area contributed by atoms with E-state index in [0.29, 0.717) is 11.8 Å². The number of nitrogens with one attached hydrogen (secondary N) is 1. The number of rotatable bonds is 4. The third kappa shape index (κ3) is 2.71. The molecule has 1 heterocycles. The van der Waals surface area contributed by atoms with Gasteiger partial charge in [0.25, 0.3) is 0 Å². The van der Waals surface area contributed by atoms with Crippen molar-refractivity contribution in [3.05, 3.63) is 47.7 Å². The fourth-order valence-electron chi connectivity index (χ4n) is 1.61. The molecule has 1 aromatic heterocycles. The van der Waals surface area contributed by atoms with E-state index in [4.69, 9.17) is 9.52 Å². The summed E-state index contributed by atoms with van der Waals surface area (Å²) in [6, 6.07) is 11.0. The Kier molecular flexibility index (Phi) is 3.37. The Balaban J connectivity index is 2.10. The second-order valence-electron chi connectivity index (χ2n) is 4.37. The fraction of sp³-hybridized carbons (Fsp3) is 0.214. The second kappa shape index (κ2) is 4.96. The van der Waals surface area contributed by atoms with Gasteiger partial charge in [-0.1, -0.05) is 26.0 Å². The number of hydrogen-bond donors (Lipinski definition) is 2. The van der Waals surface area contributed by atoms with Gasteiger partial charge in [0.05, 0.1) is 0 Å². The third-order valence-electron chi connectivity index (χ3n) is 2.66. The molecule has 4 nitrogen and oxygen atoms in total. The topological polar surface area (TPSA) is 62.5 Å². The van der Waals surface area contributed by atoms with E-state index in [2.05, 4.69) is 19.2 Å². The van der Waals surface area contributed by atoms with Crippen molar-refractivity contribution in [3.8, 4) is 0 Å². The minimum atomic E-state index is -1.07. The number of furan rings is 1. The molecule has 0 unspecified atom stereocenters. The monoisotopic (exact) mass is 245 g/mol. The molecular formula is C14H15NO3. The highest BCUT2D eigenvalue weighted by Gasteiger charge is 2.08. The van der Waals surface area contributed by atoms with Crippen molar-refractivity contribution in [2.24, 2.45) is 0 Å². The number of carbonyl (C=O) groups is 1. The molecule has 0 aliphatic rings. The number of carboxylic acid groups (broad SMARTS) is 1. The molecule has 2 aromatic rings. The Bertz CT molecular complexity index is 540. The Labute approximate surface area is 105 Å². The van der Waals surface area contributed by atoms with E-state index in [1.54, 1.807) is 6.07 Å². The average molecular weight is 245 g/mol. The number of anilines is 2. The van der Waals surface area contributed by atoms with E-state index >= 15 is 0 Å². The molecule has 4 heteroatoms. The lowest BCUT2D eigenvalue weighted by Crippen LogP contribution is -1.93. The maximum atomic E-state index is 10.7. The lowest BCUT2D eigenvalue weighted by atomic mass is 10.0. The van der Waals surface area contributed by atoms with Gasteiger partial charge in [-0.15, -0.1) is 0 Å². The molecule has 0 aliphatic heterocycles. The van der Waals surface area contributed by atoms with E-state index in [0.717, 1.165) is 5.69 Å². The van der Waals surface area contributed by atoms with Gasteiger partial charge in [0.1, 0.15) is 0 Å². The van der Waals surface area contributed by atoms with E-state index in [1.165, 1.54) is 11.6 Å². The van der Waals surface area contributed by atoms with Gasteiger partial charge in [-0.3, -0.25) is 0 Å². The molecule has 0 bridgehead atoms. The van der Waals surface area contributed by atoms with Gasteiger partial charge < -0.3 is 14.8 Å². The maximum absolute atomic E-state index is 10.7. The van der Waals surface area contributed by atoms with Crippen LogP contribution in [0.1, 0.15) is 35.9 Å². The van der Waals surface area contributed by atoms with E-state index < -0.39 is 5.97 Å². The zero-order valence-electron chi connectivity index (χ0n) is 10.3. The van der Waals surface area contributed by atoms with Crippen LogP contribution in [0.15, 0.2) is 40.8 Å². The highest BCUT2D eigenvalue weighted by atomic mass is 16.4. The first-order chi connectivity index (χ1) is 8.56. The van der Waals surface area contributed by atoms with Crippen molar-refractivity contribution >= 4 is 17.5 Å². The van der Waals surface area contributed by atoms with Crippen molar-refractivity contribution in [2.75, 3.05) is 5.32 Å². The molecule has 0 atom stereocenters. The summed E-state index contributed by atoms with van der Waals surface area (Å²) >= 11 is 0. The average Bonchev–Trinajstić information content (AvgIpc) is 2.78. The van der Waals surface area contributed by atoms with E-state index in [1.807, 2.05) is 24.3 Å². The van der Waals surface area contributed by atoms with Crippen LogP contribution in [0.4, 0.5) is 11.6 Å². The van der Waals surface area contributed by atoms with Crippen molar-refractivity contribution in [1.29, 1.82) is 0 Å². The summed E-state index contributed by atoms with van der Waals surface area (Å²) in [6.45, 7) is 4.27. The van der Waals surface area contributed by atoms with Gasteiger partial charge >= 0.3 is 5.97 Å². The summed E-state index contributed by atoms with van der Waals surface area (Å²) in [5.74, 6) is -0.236. The van der Waals surface area contributed by atoms with Crippen LogP contribution in [-0.4, -0.2) is 11.1 Å². The van der Waals surface area contributed by atoms with Crippen LogP contribution in [-0.2, 0) is 0 Å². The molecular weight excluding hydrogens is 230 g/mol. The summed E-state index contributed by atoms with van der Waals surface area (Å²) in [7, 11) is 0. The Morgan fingerprint density at radius 3 is 2.33 bits per heavy atom. The fourth-order valence-corrected chi connectivity index (χ4v) is 1.61. The molecule has 0 radical (unpaired) electrons. The van der Waals surface area contributed by atoms with Gasteiger partial charge in [-0.25, -0.2) is 4.79 Å². The third-order valence-corrected chi connectivity index (χ3v) is 2.66. The Morgan fingerprint density at radius 1 is 1.17 bits per heavy atom. The minimum Gasteiger partial charge on any atom is -0.475 e. The second-order valence-corrected chi connectivity index (χ2v) is 4.37. The van der Waals surface area contributed by atoms with E-state index in [9.17, 15) is 4.79 Å². The molecule has 0 spiro atoms. The Morgan fingerprint density at radius 2 is 1.83 bits per heavy atom. The van der Waals surface area contributed by atoms with Gasteiger partial charge in [-0.2, -0.15) is 0 Å². The van der Waals surface area contributed by atoms with Crippen LogP contribution in [0.5, 0.6) is 0 Å². The largest absolute Gasteiger partial charge is 0.475 e. The first-order valence-electron chi connectivity index (χ1n) is 5.76. The quantitative estimate of drug-likeness (QED) is 0.858. The lowest BCUT2D eigenvalue weighted by Gasteiger charge is -2.07. The number of benzene rings is 1. The van der Waals surface area contributed by atoms with Crippen molar-refractivity contribution < 1.29 is 14.3 Å². The molecule has 18 heavy (non-hydrogen) atoms. The molecule has 0 saturated heterocycles. The molecule has 0 amide bonds. The highest BCUT2D eigenvalue weighted by molar-refractivity contribution is 5.85. The zero-order valence-corrected chi connectivity index (χ0v) is 10.3. The summed E-state index contributed by atoms with van der Waals surface area (Å²) < 4.78 is 5.12. The molecule has 2 rings (SSSR count). The molecule has 0 fully saturated rings. The lowest BCUT2D eigenvalue weighted by molar-refractivity contribution is 0.0663. The van der Waals surface area contributed by atoms with Crippen LogP contribution < -0.4 is 5.32 Å².